The van der Waals surface area contributed by atoms with Gasteiger partial charge < -0.3 is 9.47 Å². The van der Waals surface area contributed by atoms with E-state index in [2.05, 4.69) is 4.72 Å². The number of hydrogen-bond acceptors (Lipinski definition) is 5. The molecule has 0 fully saturated rings. The number of hydrogen-bond donors (Lipinski definition) is 1. The van der Waals surface area contributed by atoms with Gasteiger partial charge in [-0.15, -0.1) is 0 Å². The summed E-state index contributed by atoms with van der Waals surface area (Å²) in [6, 6.07) is 8.88. The normalized spacial score (nSPS) is 12.5. The number of methoxy groups -OCH3 is 1. The van der Waals surface area contributed by atoms with Gasteiger partial charge in [-0.25, -0.2) is 13.1 Å². The van der Waals surface area contributed by atoms with Crippen molar-refractivity contribution in [1.29, 1.82) is 0 Å². The molecule has 0 saturated heterocycles. The molecule has 9 heteroatoms. The van der Waals surface area contributed by atoms with Gasteiger partial charge in [-0.2, -0.15) is 0 Å². The molecule has 28 heavy (non-hydrogen) atoms. The van der Waals surface area contributed by atoms with Crippen LogP contribution in [0.3, 0.4) is 0 Å². The fourth-order valence-corrected chi connectivity index (χ4v) is 4.61. The van der Waals surface area contributed by atoms with Crippen molar-refractivity contribution in [3.8, 4) is 5.75 Å². The highest BCUT2D eigenvalue weighted by Crippen LogP contribution is 2.34. The SMILES string of the molecule is CCOC(=O)C[C@H](NS(=O)(=O)c1cc(Cl)c(OC)cc1Cl)c1ccc(C)cc1. The first-order valence-corrected chi connectivity index (χ1v) is 10.7. The van der Waals surface area contributed by atoms with Gasteiger partial charge in [-0.1, -0.05) is 53.0 Å². The average molecular weight is 446 g/mol. The van der Waals surface area contributed by atoms with Gasteiger partial charge in [0.15, 0.2) is 0 Å². The molecule has 0 aliphatic rings. The number of rotatable bonds is 8. The van der Waals surface area contributed by atoms with Crippen LogP contribution in [-0.2, 0) is 19.6 Å². The lowest BCUT2D eigenvalue weighted by atomic mass is 10.0. The number of halogens is 2. The Morgan fingerprint density at radius 2 is 1.79 bits per heavy atom. The topological polar surface area (TPSA) is 81.7 Å². The molecule has 2 rings (SSSR count). The number of benzene rings is 2. The van der Waals surface area contributed by atoms with Gasteiger partial charge in [-0.05, 0) is 25.5 Å². The first-order chi connectivity index (χ1) is 13.2. The third-order valence-electron chi connectivity index (χ3n) is 3.95. The van der Waals surface area contributed by atoms with E-state index in [1.54, 1.807) is 19.1 Å². The molecule has 0 spiro atoms. The van der Waals surface area contributed by atoms with Crippen molar-refractivity contribution in [2.75, 3.05) is 13.7 Å². The molecular weight excluding hydrogens is 425 g/mol. The van der Waals surface area contributed by atoms with Crippen molar-refractivity contribution in [3.63, 3.8) is 0 Å². The molecule has 0 unspecified atom stereocenters. The van der Waals surface area contributed by atoms with E-state index in [0.717, 1.165) is 5.56 Å². The standard InChI is InChI=1S/C19H21Cl2NO5S/c1-4-27-19(23)11-16(13-7-5-12(2)6-8-13)22-28(24,25)18-10-14(20)17(26-3)9-15(18)21/h5-10,16,22H,4,11H2,1-3H3/t16-/m0/s1. The molecule has 1 atom stereocenters. The van der Waals surface area contributed by atoms with Crippen LogP contribution in [0, 0.1) is 6.92 Å². The third kappa shape index (κ3) is 5.61. The highest BCUT2D eigenvalue weighted by molar-refractivity contribution is 7.89. The summed E-state index contributed by atoms with van der Waals surface area (Å²) in [7, 11) is -2.69. The number of nitrogens with one attached hydrogen (secondary N) is 1. The zero-order valence-electron chi connectivity index (χ0n) is 15.7. The van der Waals surface area contributed by atoms with Crippen LogP contribution in [0.15, 0.2) is 41.3 Å². The second kappa shape index (κ2) is 9.60. The second-order valence-corrected chi connectivity index (χ2v) is 8.51. The molecular formula is C19H21Cl2NO5S. The van der Waals surface area contributed by atoms with Gasteiger partial charge in [0.05, 0.1) is 36.2 Å². The van der Waals surface area contributed by atoms with Crippen LogP contribution in [0.4, 0.5) is 0 Å². The van der Waals surface area contributed by atoms with Crippen molar-refractivity contribution < 1.29 is 22.7 Å². The molecule has 2 aromatic rings. The Labute approximate surface area is 174 Å². The Balaban J connectivity index is 2.40. The molecule has 0 aliphatic heterocycles. The summed E-state index contributed by atoms with van der Waals surface area (Å²) in [5.41, 5.74) is 1.63. The predicted molar refractivity (Wildman–Crippen MR) is 109 cm³/mol. The summed E-state index contributed by atoms with van der Waals surface area (Å²) in [6.07, 6.45) is -0.169. The van der Waals surface area contributed by atoms with Gasteiger partial charge in [0.1, 0.15) is 10.6 Å². The van der Waals surface area contributed by atoms with Crippen LogP contribution in [-0.4, -0.2) is 28.1 Å². The quantitative estimate of drug-likeness (QED) is 0.612. The highest BCUT2D eigenvalue weighted by Gasteiger charge is 2.27. The molecule has 6 nitrogen and oxygen atoms in total. The van der Waals surface area contributed by atoms with Crippen LogP contribution in [0.25, 0.3) is 0 Å². The number of carbonyl (C=O) groups excluding carboxylic acids is 1. The van der Waals surface area contributed by atoms with Crippen molar-refractivity contribution in [3.05, 3.63) is 57.6 Å². The largest absolute Gasteiger partial charge is 0.495 e. The van der Waals surface area contributed by atoms with Crippen LogP contribution in [0.5, 0.6) is 5.75 Å². The molecule has 152 valence electrons. The van der Waals surface area contributed by atoms with E-state index >= 15 is 0 Å². The molecule has 0 aromatic heterocycles. The van der Waals surface area contributed by atoms with Crippen LogP contribution >= 0.6 is 23.2 Å². The van der Waals surface area contributed by atoms with Crippen LogP contribution < -0.4 is 9.46 Å². The van der Waals surface area contributed by atoms with Crippen molar-refractivity contribution >= 4 is 39.2 Å². The Hall–Kier alpha value is -1.80. The van der Waals surface area contributed by atoms with Gasteiger partial charge >= 0.3 is 5.97 Å². The highest BCUT2D eigenvalue weighted by atomic mass is 35.5. The summed E-state index contributed by atoms with van der Waals surface area (Å²) < 4.78 is 38.4. The molecule has 0 bridgehead atoms. The minimum atomic E-state index is -4.09. The zero-order chi connectivity index (χ0) is 20.9. The van der Waals surface area contributed by atoms with E-state index in [0.29, 0.717) is 5.56 Å². The van der Waals surface area contributed by atoms with Gasteiger partial charge in [0, 0.05) is 6.07 Å². The van der Waals surface area contributed by atoms with Crippen molar-refractivity contribution in [1.82, 2.24) is 4.72 Å². The molecule has 0 amide bonds. The van der Waals surface area contributed by atoms with Crippen LogP contribution in [0.1, 0.15) is 30.5 Å². The van der Waals surface area contributed by atoms with E-state index in [-0.39, 0.29) is 33.7 Å². The molecule has 1 N–H and O–H groups in total. The molecule has 0 aliphatic carbocycles. The Bertz CT molecular complexity index is 946. The third-order valence-corrected chi connectivity index (χ3v) is 6.18. The van der Waals surface area contributed by atoms with E-state index < -0.39 is 22.0 Å². The van der Waals surface area contributed by atoms with Crippen LogP contribution in [0.2, 0.25) is 10.0 Å². The maximum atomic E-state index is 12.9. The lowest BCUT2D eigenvalue weighted by Gasteiger charge is -2.19. The number of esters is 1. The monoisotopic (exact) mass is 445 g/mol. The number of aryl methyl sites for hydroxylation is 1. The van der Waals surface area contributed by atoms with E-state index in [1.165, 1.54) is 19.2 Å². The van der Waals surface area contributed by atoms with Gasteiger partial charge in [-0.3, -0.25) is 4.79 Å². The molecule has 0 radical (unpaired) electrons. The summed E-state index contributed by atoms with van der Waals surface area (Å²) >= 11 is 12.2. The first kappa shape index (κ1) is 22.5. The number of carbonyl (C=O) groups is 1. The fourth-order valence-electron chi connectivity index (χ4n) is 2.54. The fraction of sp³-hybridized carbons (Fsp3) is 0.316. The Morgan fingerprint density at radius 1 is 1.14 bits per heavy atom. The molecule has 0 heterocycles. The zero-order valence-corrected chi connectivity index (χ0v) is 18.0. The maximum absolute atomic E-state index is 12.9. The number of ether oxygens (including phenoxy) is 2. The summed E-state index contributed by atoms with van der Waals surface area (Å²) in [4.78, 5) is 11.8. The van der Waals surface area contributed by atoms with E-state index in [4.69, 9.17) is 32.7 Å². The lowest BCUT2D eigenvalue weighted by molar-refractivity contribution is -0.143. The lowest BCUT2D eigenvalue weighted by Crippen LogP contribution is -2.31. The Morgan fingerprint density at radius 3 is 2.36 bits per heavy atom. The number of sulfonamides is 1. The predicted octanol–water partition coefficient (Wildman–Crippen LogP) is 4.28. The smallest absolute Gasteiger partial charge is 0.307 e. The summed E-state index contributed by atoms with van der Waals surface area (Å²) in [5.74, 6) is -0.262. The van der Waals surface area contributed by atoms with Gasteiger partial charge in [0.25, 0.3) is 0 Å². The average Bonchev–Trinajstić information content (AvgIpc) is 2.63. The second-order valence-electron chi connectivity index (χ2n) is 6.01. The van der Waals surface area contributed by atoms with E-state index in [1.807, 2.05) is 19.1 Å². The Kier molecular flexibility index (Phi) is 7.71. The van der Waals surface area contributed by atoms with Crippen molar-refractivity contribution in [2.45, 2.75) is 31.2 Å². The first-order valence-electron chi connectivity index (χ1n) is 8.45. The van der Waals surface area contributed by atoms with Crippen molar-refractivity contribution in [2.24, 2.45) is 0 Å². The maximum Gasteiger partial charge on any atom is 0.307 e. The van der Waals surface area contributed by atoms with Gasteiger partial charge in [0.2, 0.25) is 10.0 Å². The molecule has 0 saturated carbocycles. The minimum absolute atomic E-state index is 0.0486. The van der Waals surface area contributed by atoms with E-state index in [9.17, 15) is 13.2 Å². The summed E-state index contributed by atoms with van der Waals surface area (Å²) in [5, 5.41) is 0.0529. The minimum Gasteiger partial charge on any atom is -0.495 e. The molecule has 2 aromatic carbocycles. The summed E-state index contributed by atoms with van der Waals surface area (Å²) in [6.45, 7) is 3.79.